The molecule has 0 aliphatic heterocycles. The lowest BCUT2D eigenvalue weighted by Crippen LogP contribution is -2.25. The minimum Gasteiger partial charge on any atom is -0.311 e. The third kappa shape index (κ3) is 4.95. The van der Waals surface area contributed by atoms with Crippen molar-refractivity contribution in [2.75, 3.05) is 4.90 Å². The molecule has 0 saturated heterocycles. The summed E-state index contributed by atoms with van der Waals surface area (Å²) in [6, 6.07) is 82.3. The molecular weight excluding hydrogens is 675 g/mol. The van der Waals surface area contributed by atoms with Crippen LogP contribution in [0.1, 0.15) is 22.3 Å². The predicted molar refractivity (Wildman–Crippen MR) is 234 cm³/mol. The van der Waals surface area contributed by atoms with Gasteiger partial charge in [-0.3, -0.25) is 0 Å². The van der Waals surface area contributed by atoms with Crippen molar-refractivity contribution in [2.45, 2.75) is 5.41 Å². The Hall–Kier alpha value is -7.22. The van der Waals surface area contributed by atoms with Gasteiger partial charge in [0.05, 0.1) is 5.41 Å². The highest BCUT2D eigenvalue weighted by Gasteiger charge is 2.51. The van der Waals surface area contributed by atoms with Crippen LogP contribution in [0.2, 0.25) is 0 Å². The van der Waals surface area contributed by atoms with Crippen LogP contribution < -0.4 is 4.90 Å². The number of nitrogens with zero attached hydrogens (tertiary/aromatic N) is 1. The lowest BCUT2D eigenvalue weighted by Gasteiger charge is -2.30. The topological polar surface area (TPSA) is 3.24 Å². The molecule has 1 nitrogen and oxygen atoms in total. The number of anilines is 3. The molecule has 0 N–H and O–H groups in total. The van der Waals surface area contributed by atoms with Crippen molar-refractivity contribution in [1.82, 2.24) is 0 Å². The maximum atomic E-state index is 2.46. The summed E-state index contributed by atoms with van der Waals surface area (Å²) in [5.74, 6) is 0. The fourth-order valence-corrected chi connectivity index (χ4v) is 9.39. The Kier molecular flexibility index (Phi) is 7.47. The van der Waals surface area contributed by atoms with Crippen molar-refractivity contribution < 1.29 is 0 Å². The van der Waals surface area contributed by atoms with Crippen LogP contribution in [0, 0.1) is 0 Å². The van der Waals surface area contributed by atoms with E-state index in [2.05, 4.69) is 229 Å². The van der Waals surface area contributed by atoms with Gasteiger partial charge in [-0.2, -0.15) is 0 Å². The second kappa shape index (κ2) is 13.0. The summed E-state index contributed by atoms with van der Waals surface area (Å²) in [4.78, 5) is 2.36. The molecule has 1 heteroatoms. The second-order valence-electron chi connectivity index (χ2n) is 14.9. The summed E-state index contributed by atoms with van der Waals surface area (Å²) in [5.41, 5.74) is 21.0. The lowest BCUT2D eigenvalue weighted by atomic mass is 9.70. The van der Waals surface area contributed by atoms with Crippen molar-refractivity contribution in [2.24, 2.45) is 0 Å². The summed E-state index contributed by atoms with van der Waals surface area (Å²) in [6.07, 6.45) is 0. The maximum absolute atomic E-state index is 2.46. The molecule has 9 aromatic carbocycles. The molecule has 0 atom stereocenters. The first-order chi connectivity index (χ1) is 27.8. The fourth-order valence-electron chi connectivity index (χ4n) is 9.39. The lowest BCUT2D eigenvalue weighted by molar-refractivity contribution is 0.794. The molecule has 0 amide bonds. The van der Waals surface area contributed by atoms with Crippen LogP contribution in [0.15, 0.2) is 224 Å². The number of fused-ring (bicyclic) bond motifs is 10. The van der Waals surface area contributed by atoms with Gasteiger partial charge in [-0.15, -0.1) is 0 Å². The minimum atomic E-state index is -0.357. The number of rotatable bonds is 6. The Morgan fingerprint density at radius 2 is 0.536 bits per heavy atom. The first-order valence-electron chi connectivity index (χ1n) is 19.4. The van der Waals surface area contributed by atoms with Gasteiger partial charge < -0.3 is 4.90 Å². The van der Waals surface area contributed by atoms with Gasteiger partial charge in [0.25, 0.3) is 0 Å². The van der Waals surface area contributed by atoms with E-state index in [1.165, 1.54) is 77.9 Å². The van der Waals surface area contributed by atoms with E-state index >= 15 is 0 Å². The van der Waals surface area contributed by atoms with Gasteiger partial charge in [0, 0.05) is 17.1 Å². The number of hydrogen-bond donors (Lipinski definition) is 0. The van der Waals surface area contributed by atoms with Crippen LogP contribution in [0.3, 0.4) is 0 Å². The second-order valence-corrected chi connectivity index (χ2v) is 14.9. The zero-order valence-corrected chi connectivity index (χ0v) is 30.8. The molecular formula is C55H37N. The summed E-state index contributed by atoms with van der Waals surface area (Å²) in [7, 11) is 0. The Balaban J connectivity index is 1.01. The van der Waals surface area contributed by atoms with Gasteiger partial charge in [0.15, 0.2) is 0 Å². The maximum Gasteiger partial charge on any atom is 0.0725 e. The highest BCUT2D eigenvalue weighted by molar-refractivity contribution is 5.96. The number of benzene rings is 9. The van der Waals surface area contributed by atoms with Gasteiger partial charge in [-0.25, -0.2) is 0 Å². The Morgan fingerprint density at radius 1 is 0.232 bits per heavy atom. The van der Waals surface area contributed by atoms with Crippen LogP contribution in [0.5, 0.6) is 0 Å². The van der Waals surface area contributed by atoms with E-state index in [1.807, 2.05) is 0 Å². The minimum absolute atomic E-state index is 0.357. The predicted octanol–water partition coefficient (Wildman–Crippen LogP) is 14.5. The van der Waals surface area contributed by atoms with E-state index in [-0.39, 0.29) is 5.41 Å². The van der Waals surface area contributed by atoms with E-state index < -0.39 is 0 Å². The zero-order valence-electron chi connectivity index (χ0n) is 30.8. The first-order valence-corrected chi connectivity index (χ1v) is 19.4. The Bertz CT molecular complexity index is 2720. The molecule has 0 radical (unpaired) electrons. The molecule has 0 bridgehead atoms. The molecule has 2 aliphatic rings. The molecule has 262 valence electrons. The summed E-state index contributed by atoms with van der Waals surface area (Å²) in [5, 5.41) is 0. The van der Waals surface area contributed by atoms with Crippen molar-refractivity contribution in [1.29, 1.82) is 0 Å². The smallest absolute Gasteiger partial charge is 0.0725 e. The highest BCUT2D eigenvalue weighted by Crippen LogP contribution is 2.63. The molecule has 0 aromatic heterocycles. The normalized spacial score (nSPS) is 12.8. The van der Waals surface area contributed by atoms with E-state index in [1.54, 1.807) is 0 Å². The summed E-state index contributed by atoms with van der Waals surface area (Å²) >= 11 is 0. The quantitative estimate of drug-likeness (QED) is 0.166. The van der Waals surface area contributed by atoms with Crippen LogP contribution in [-0.2, 0) is 5.41 Å². The van der Waals surface area contributed by atoms with Gasteiger partial charge in [-0.1, -0.05) is 182 Å². The summed E-state index contributed by atoms with van der Waals surface area (Å²) in [6.45, 7) is 0. The molecule has 0 fully saturated rings. The number of hydrogen-bond acceptors (Lipinski definition) is 1. The van der Waals surface area contributed by atoms with Crippen LogP contribution in [-0.4, -0.2) is 0 Å². The van der Waals surface area contributed by atoms with Crippen LogP contribution >= 0.6 is 0 Å². The monoisotopic (exact) mass is 711 g/mol. The van der Waals surface area contributed by atoms with Gasteiger partial charge in [0.2, 0.25) is 0 Å². The van der Waals surface area contributed by atoms with Crippen LogP contribution in [0.25, 0.3) is 55.6 Å². The molecule has 9 aromatic rings. The van der Waals surface area contributed by atoms with E-state index in [0.29, 0.717) is 0 Å². The molecule has 0 heterocycles. The average molecular weight is 712 g/mol. The molecule has 11 rings (SSSR count). The van der Waals surface area contributed by atoms with Crippen molar-refractivity contribution in [3.8, 4) is 55.6 Å². The van der Waals surface area contributed by atoms with Gasteiger partial charge >= 0.3 is 0 Å². The molecule has 0 saturated carbocycles. The third-order valence-corrected chi connectivity index (χ3v) is 11.9. The van der Waals surface area contributed by atoms with Crippen LogP contribution in [0.4, 0.5) is 17.1 Å². The zero-order chi connectivity index (χ0) is 37.1. The molecule has 0 unspecified atom stereocenters. The molecule has 56 heavy (non-hydrogen) atoms. The standard InChI is InChI=1S/C55H37N/c1-3-13-38(14-4-1)40-23-30-44(31-24-40)56(45-32-25-41(26-33-45)39-15-5-2-6-16-39)46-34-27-42(28-35-46)43-29-36-50-49-19-9-12-22-53(49)55(54(50)37-43)51-20-10-7-17-47(51)48-18-8-11-21-52(48)55/h1-37H. The highest BCUT2D eigenvalue weighted by atomic mass is 15.1. The fraction of sp³-hybridized carbons (Fsp3) is 0.0182. The van der Waals surface area contributed by atoms with Crippen molar-refractivity contribution >= 4 is 17.1 Å². The van der Waals surface area contributed by atoms with E-state index in [9.17, 15) is 0 Å². The van der Waals surface area contributed by atoms with Crippen molar-refractivity contribution in [3.63, 3.8) is 0 Å². The third-order valence-electron chi connectivity index (χ3n) is 11.9. The SMILES string of the molecule is c1ccc(-c2ccc(N(c3ccc(-c4ccccc4)cc3)c3ccc(-c4ccc5c(c4)C4(c6ccccc6-c6ccccc64)c4ccccc4-5)cc3)cc2)cc1. The molecule has 1 spiro atoms. The Labute approximate surface area is 328 Å². The molecule has 2 aliphatic carbocycles. The van der Waals surface area contributed by atoms with E-state index in [4.69, 9.17) is 0 Å². The van der Waals surface area contributed by atoms with Crippen molar-refractivity contribution in [3.05, 3.63) is 247 Å². The first kappa shape index (κ1) is 32.2. The Morgan fingerprint density at radius 3 is 0.946 bits per heavy atom. The largest absolute Gasteiger partial charge is 0.311 e. The van der Waals surface area contributed by atoms with Gasteiger partial charge in [-0.05, 0) is 120 Å². The summed E-state index contributed by atoms with van der Waals surface area (Å²) < 4.78 is 0. The van der Waals surface area contributed by atoms with E-state index in [0.717, 1.165) is 17.1 Å². The average Bonchev–Trinajstić information content (AvgIpc) is 3.75. The van der Waals surface area contributed by atoms with Gasteiger partial charge in [0.1, 0.15) is 0 Å².